The molecule has 1 heterocycles. The smallest absolute Gasteiger partial charge is 0.273 e. The summed E-state index contributed by atoms with van der Waals surface area (Å²) < 4.78 is 34.5. The summed E-state index contributed by atoms with van der Waals surface area (Å²) >= 11 is 6.82. The van der Waals surface area contributed by atoms with Crippen molar-refractivity contribution < 1.29 is 18.3 Å². The molecule has 164 valence electrons. The van der Waals surface area contributed by atoms with Gasteiger partial charge in [-0.05, 0) is 30.3 Å². The SMILES string of the molecule is COCCNC(=O)/C(C#N)=c1\s/c(=C\c2c(F)cccc2Cl)c(=O)n1-c1ccccc1F. The molecule has 0 saturated heterocycles. The number of methoxy groups -OCH3 is 1. The first kappa shape index (κ1) is 23.3. The van der Waals surface area contributed by atoms with E-state index in [1.165, 1.54) is 49.6 Å². The molecular formula is C22H16ClF2N3O3S. The fourth-order valence-corrected chi connectivity index (χ4v) is 4.13. The molecule has 0 saturated carbocycles. The van der Waals surface area contributed by atoms with Crippen LogP contribution >= 0.6 is 22.9 Å². The van der Waals surface area contributed by atoms with Crippen molar-refractivity contribution in [1.82, 2.24) is 9.88 Å². The highest BCUT2D eigenvalue weighted by atomic mass is 35.5. The lowest BCUT2D eigenvalue weighted by Gasteiger charge is -2.06. The molecule has 0 aliphatic heterocycles. The molecule has 0 spiro atoms. The van der Waals surface area contributed by atoms with Crippen molar-refractivity contribution in [3.8, 4) is 11.8 Å². The molecule has 2 aromatic carbocycles. The summed E-state index contributed by atoms with van der Waals surface area (Å²) in [6.07, 6.45) is 1.21. The van der Waals surface area contributed by atoms with E-state index < -0.39 is 28.7 Å². The molecule has 0 aliphatic rings. The van der Waals surface area contributed by atoms with Gasteiger partial charge in [0.05, 0.1) is 21.8 Å². The molecule has 3 aromatic rings. The number of carbonyl (C=O) groups excluding carboxylic acids is 1. The van der Waals surface area contributed by atoms with Crippen LogP contribution in [0.3, 0.4) is 0 Å². The molecule has 32 heavy (non-hydrogen) atoms. The summed E-state index contributed by atoms with van der Waals surface area (Å²) in [5, 5.41) is 12.2. The fourth-order valence-electron chi connectivity index (χ4n) is 2.83. The number of aromatic nitrogens is 1. The van der Waals surface area contributed by atoms with Crippen LogP contribution in [0.5, 0.6) is 0 Å². The van der Waals surface area contributed by atoms with Crippen molar-refractivity contribution in [1.29, 1.82) is 5.26 Å². The fraction of sp³-hybridized carbons (Fsp3) is 0.136. The summed E-state index contributed by atoms with van der Waals surface area (Å²) in [5.41, 5.74) is -1.32. The van der Waals surface area contributed by atoms with Crippen LogP contribution < -0.4 is 20.1 Å². The zero-order chi connectivity index (χ0) is 23.3. The number of rotatable bonds is 6. The topological polar surface area (TPSA) is 84.1 Å². The summed E-state index contributed by atoms with van der Waals surface area (Å²) in [6, 6.07) is 11.3. The Labute approximate surface area is 190 Å². The second-order valence-electron chi connectivity index (χ2n) is 6.38. The van der Waals surface area contributed by atoms with Crippen molar-refractivity contribution >= 4 is 40.5 Å². The van der Waals surface area contributed by atoms with Gasteiger partial charge in [-0.15, -0.1) is 11.3 Å². The third-order valence-corrected chi connectivity index (χ3v) is 5.76. The standard InChI is InChI=1S/C22H16ClF2N3O3S/c1-31-10-9-27-20(29)14(12-26)22-28(18-8-3-2-6-17(18)25)21(30)19(32-22)11-13-15(23)5-4-7-16(13)24/h2-8,11H,9-10H2,1H3,(H,27,29)/b19-11-,22-14-. The first-order chi connectivity index (χ1) is 15.4. The van der Waals surface area contributed by atoms with E-state index in [1.807, 2.05) is 0 Å². The number of hydrogen-bond acceptors (Lipinski definition) is 5. The van der Waals surface area contributed by atoms with Gasteiger partial charge in [0.25, 0.3) is 11.5 Å². The maximum Gasteiger partial charge on any atom is 0.273 e. The Morgan fingerprint density at radius 2 is 1.97 bits per heavy atom. The molecule has 1 amide bonds. The molecule has 10 heteroatoms. The zero-order valence-corrected chi connectivity index (χ0v) is 18.3. The molecule has 0 radical (unpaired) electrons. The van der Waals surface area contributed by atoms with Crippen LogP contribution in [-0.2, 0) is 9.53 Å². The first-order valence-corrected chi connectivity index (χ1v) is 10.4. The van der Waals surface area contributed by atoms with Gasteiger partial charge in [0.1, 0.15) is 22.4 Å². The zero-order valence-electron chi connectivity index (χ0n) is 16.7. The Morgan fingerprint density at radius 1 is 1.25 bits per heavy atom. The van der Waals surface area contributed by atoms with Crippen LogP contribution in [0.4, 0.5) is 8.78 Å². The minimum atomic E-state index is -0.758. The van der Waals surface area contributed by atoms with Crippen LogP contribution in [0.2, 0.25) is 5.02 Å². The van der Waals surface area contributed by atoms with E-state index in [2.05, 4.69) is 5.32 Å². The molecule has 0 unspecified atom stereocenters. The predicted molar refractivity (Wildman–Crippen MR) is 118 cm³/mol. The number of nitrogens with zero attached hydrogens (tertiary/aromatic N) is 2. The summed E-state index contributed by atoms with van der Waals surface area (Å²) in [7, 11) is 1.45. The number of nitrogens with one attached hydrogen (secondary N) is 1. The van der Waals surface area contributed by atoms with Crippen molar-refractivity contribution in [2.45, 2.75) is 0 Å². The quantitative estimate of drug-likeness (QED) is 0.553. The molecule has 6 nitrogen and oxygen atoms in total. The van der Waals surface area contributed by atoms with E-state index in [0.717, 1.165) is 22.0 Å². The average Bonchev–Trinajstić information content (AvgIpc) is 3.07. The Kier molecular flexibility index (Phi) is 7.53. The van der Waals surface area contributed by atoms with Crippen LogP contribution in [0, 0.1) is 23.0 Å². The van der Waals surface area contributed by atoms with E-state index in [0.29, 0.717) is 0 Å². The van der Waals surface area contributed by atoms with Gasteiger partial charge in [0, 0.05) is 19.2 Å². The van der Waals surface area contributed by atoms with E-state index in [4.69, 9.17) is 16.3 Å². The highest BCUT2D eigenvalue weighted by Gasteiger charge is 2.18. The Morgan fingerprint density at radius 3 is 2.62 bits per heavy atom. The van der Waals surface area contributed by atoms with Crippen LogP contribution in [0.25, 0.3) is 17.3 Å². The number of ether oxygens (including phenoxy) is 1. The average molecular weight is 476 g/mol. The maximum absolute atomic E-state index is 14.6. The van der Waals surface area contributed by atoms with Crippen LogP contribution in [0.1, 0.15) is 5.56 Å². The molecule has 0 fully saturated rings. The lowest BCUT2D eigenvalue weighted by atomic mass is 10.2. The minimum Gasteiger partial charge on any atom is -0.383 e. The molecule has 1 aromatic heterocycles. The summed E-state index contributed by atoms with van der Waals surface area (Å²) in [6.45, 7) is 0.333. The second kappa shape index (κ2) is 10.3. The van der Waals surface area contributed by atoms with Gasteiger partial charge in [-0.3, -0.25) is 14.2 Å². The number of carbonyl (C=O) groups is 1. The van der Waals surface area contributed by atoms with E-state index >= 15 is 0 Å². The Balaban J connectivity index is 2.37. The number of para-hydroxylation sites is 1. The van der Waals surface area contributed by atoms with E-state index in [9.17, 15) is 23.6 Å². The minimum absolute atomic E-state index is 0.0345. The maximum atomic E-state index is 14.6. The molecule has 0 bridgehead atoms. The number of thiazole rings is 1. The highest BCUT2D eigenvalue weighted by Crippen LogP contribution is 2.19. The van der Waals surface area contributed by atoms with Crippen molar-refractivity contribution in [2.75, 3.05) is 20.3 Å². The highest BCUT2D eigenvalue weighted by molar-refractivity contribution is 7.07. The van der Waals surface area contributed by atoms with Crippen molar-refractivity contribution in [3.63, 3.8) is 0 Å². The normalized spacial score (nSPS) is 12.4. The van der Waals surface area contributed by atoms with Gasteiger partial charge < -0.3 is 10.1 Å². The first-order valence-electron chi connectivity index (χ1n) is 9.23. The van der Waals surface area contributed by atoms with Gasteiger partial charge >= 0.3 is 0 Å². The molecule has 0 aliphatic carbocycles. The predicted octanol–water partition coefficient (Wildman–Crippen LogP) is 2.10. The lowest BCUT2D eigenvalue weighted by molar-refractivity contribution is -0.115. The number of amides is 1. The third-order valence-electron chi connectivity index (χ3n) is 4.34. The van der Waals surface area contributed by atoms with Crippen molar-refractivity contribution in [3.05, 3.63) is 84.2 Å². The molecule has 0 atom stereocenters. The van der Waals surface area contributed by atoms with Crippen LogP contribution in [-0.4, -0.2) is 30.7 Å². The number of nitriles is 1. The Bertz CT molecular complexity index is 1370. The van der Waals surface area contributed by atoms with Gasteiger partial charge in [0.2, 0.25) is 0 Å². The number of benzene rings is 2. The number of hydrogen-bond donors (Lipinski definition) is 1. The third kappa shape index (κ3) is 4.78. The second-order valence-corrected chi connectivity index (χ2v) is 7.82. The molecule has 1 N–H and O–H groups in total. The molecular weight excluding hydrogens is 460 g/mol. The van der Waals surface area contributed by atoms with Crippen molar-refractivity contribution in [2.24, 2.45) is 0 Å². The monoisotopic (exact) mass is 475 g/mol. The van der Waals surface area contributed by atoms with E-state index in [1.54, 1.807) is 6.07 Å². The van der Waals surface area contributed by atoms with Crippen LogP contribution in [0.15, 0.2) is 47.3 Å². The Hall–Kier alpha value is -3.32. The molecule has 3 rings (SSSR count). The lowest BCUT2D eigenvalue weighted by Crippen LogP contribution is -2.35. The van der Waals surface area contributed by atoms with Gasteiger partial charge in [-0.2, -0.15) is 5.26 Å². The van der Waals surface area contributed by atoms with Gasteiger partial charge in [-0.25, -0.2) is 8.78 Å². The van der Waals surface area contributed by atoms with Gasteiger partial charge in [0.15, 0.2) is 5.57 Å². The van der Waals surface area contributed by atoms with Gasteiger partial charge in [-0.1, -0.05) is 29.8 Å². The largest absolute Gasteiger partial charge is 0.383 e. The summed E-state index contributed by atoms with van der Waals surface area (Å²) in [4.78, 5) is 25.8. The summed E-state index contributed by atoms with van der Waals surface area (Å²) in [5.74, 6) is -2.15. The number of halogens is 3. The van der Waals surface area contributed by atoms with E-state index in [-0.39, 0.29) is 38.6 Å².